The third-order valence-electron chi connectivity index (χ3n) is 3.48. The van der Waals surface area contributed by atoms with E-state index in [1.165, 1.54) is 24.3 Å². The first kappa shape index (κ1) is 17.5. The summed E-state index contributed by atoms with van der Waals surface area (Å²) in [5, 5.41) is 11.0. The van der Waals surface area contributed by atoms with Gasteiger partial charge >= 0.3 is 0 Å². The fourth-order valence-corrected chi connectivity index (χ4v) is 2.14. The maximum Gasteiger partial charge on any atom is 0.248 e. The summed E-state index contributed by atoms with van der Waals surface area (Å²) in [7, 11) is 0. The van der Waals surface area contributed by atoms with E-state index < -0.39 is 47.1 Å². The Morgan fingerprint density at radius 3 is 2.00 bits per heavy atom. The molecule has 0 aliphatic heterocycles. The van der Waals surface area contributed by atoms with Gasteiger partial charge in [-0.3, -0.25) is 4.79 Å². The van der Waals surface area contributed by atoms with Crippen LogP contribution in [0, 0.1) is 29.1 Å². The van der Waals surface area contributed by atoms with E-state index in [0.29, 0.717) is 10.4 Å². The molecule has 0 radical (unpaired) electrons. The van der Waals surface area contributed by atoms with Crippen molar-refractivity contribution in [1.29, 1.82) is 0 Å². The fourth-order valence-electron chi connectivity index (χ4n) is 2.14. The molecule has 0 fully saturated rings. The van der Waals surface area contributed by atoms with Crippen LogP contribution in [0.5, 0.6) is 0 Å². The molecule has 0 atom stereocenters. The van der Waals surface area contributed by atoms with Gasteiger partial charge in [0.25, 0.3) is 0 Å². The Morgan fingerprint density at radius 2 is 1.46 bits per heavy atom. The monoisotopic (exact) mass is 369 g/mol. The zero-order valence-corrected chi connectivity index (χ0v) is 12.7. The van der Waals surface area contributed by atoms with E-state index in [1.54, 1.807) is 0 Å². The Hall–Kier alpha value is -3.37. The molecule has 0 saturated carbocycles. The van der Waals surface area contributed by atoms with Crippen molar-refractivity contribution in [3.05, 3.63) is 64.5 Å². The first-order valence-electron chi connectivity index (χ1n) is 6.98. The smallest absolute Gasteiger partial charge is 0.248 e. The highest BCUT2D eigenvalue weighted by atomic mass is 19.2. The number of hydrogen-bond acceptors (Lipinski definition) is 4. The molecule has 2 aromatic carbocycles. The highest BCUT2D eigenvalue weighted by molar-refractivity contribution is 5.93. The standard InChI is InChI=1S/C15H8F5N5O/c16-9-8(10(17)12(19)13(20)11(9)18)5-25-23-15(22-24-25)7-3-1-6(2-4-7)14(21)26/h1-4H,5H2,(H2,21,26). The fraction of sp³-hybridized carbons (Fsp3) is 0.0667. The first-order chi connectivity index (χ1) is 12.3. The van der Waals surface area contributed by atoms with Crippen molar-refractivity contribution in [3.8, 4) is 11.4 Å². The molecule has 3 aromatic rings. The quantitative estimate of drug-likeness (QED) is 0.434. The SMILES string of the molecule is NC(=O)c1ccc(-c2nnn(Cc3c(F)c(F)c(F)c(F)c3F)n2)cc1. The number of tetrazole rings is 1. The number of carbonyl (C=O) groups excluding carboxylic acids is 1. The molecule has 11 heteroatoms. The van der Waals surface area contributed by atoms with Crippen LogP contribution in [0.25, 0.3) is 11.4 Å². The molecule has 0 bridgehead atoms. The molecule has 0 aliphatic rings. The summed E-state index contributed by atoms with van der Waals surface area (Å²) in [5.74, 6) is -10.9. The lowest BCUT2D eigenvalue weighted by atomic mass is 10.1. The predicted molar refractivity (Wildman–Crippen MR) is 77.1 cm³/mol. The molecular weight excluding hydrogens is 361 g/mol. The van der Waals surface area contributed by atoms with Crippen LogP contribution in [-0.2, 0) is 6.54 Å². The molecule has 1 heterocycles. The summed E-state index contributed by atoms with van der Waals surface area (Å²) in [6.07, 6.45) is 0. The number of benzene rings is 2. The van der Waals surface area contributed by atoms with E-state index in [4.69, 9.17) is 5.73 Å². The molecule has 0 spiro atoms. The molecule has 1 aromatic heterocycles. The van der Waals surface area contributed by atoms with Crippen LogP contribution in [0.4, 0.5) is 22.0 Å². The van der Waals surface area contributed by atoms with Gasteiger partial charge in [-0.2, -0.15) is 4.80 Å². The maximum absolute atomic E-state index is 13.7. The minimum absolute atomic E-state index is 0.0184. The summed E-state index contributed by atoms with van der Waals surface area (Å²) < 4.78 is 66.8. The Kier molecular flexibility index (Phi) is 4.36. The summed E-state index contributed by atoms with van der Waals surface area (Å²) in [6, 6.07) is 5.73. The van der Waals surface area contributed by atoms with Crippen LogP contribution in [0.15, 0.2) is 24.3 Å². The molecule has 0 unspecified atom stereocenters. The number of halogens is 5. The van der Waals surface area contributed by atoms with Gasteiger partial charge < -0.3 is 5.73 Å². The minimum Gasteiger partial charge on any atom is -0.366 e. The molecule has 26 heavy (non-hydrogen) atoms. The Labute approximate surface area is 142 Å². The number of amides is 1. The molecule has 1 amide bonds. The van der Waals surface area contributed by atoms with E-state index in [1.807, 2.05) is 0 Å². The van der Waals surface area contributed by atoms with Gasteiger partial charge in [0.2, 0.25) is 17.5 Å². The molecule has 2 N–H and O–H groups in total. The number of carbonyl (C=O) groups is 1. The van der Waals surface area contributed by atoms with Gasteiger partial charge in [-0.1, -0.05) is 12.1 Å². The summed E-state index contributed by atoms with van der Waals surface area (Å²) in [4.78, 5) is 11.7. The second-order valence-corrected chi connectivity index (χ2v) is 5.13. The molecule has 0 aliphatic carbocycles. The van der Waals surface area contributed by atoms with Crippen LogP contribution in [0.1, 0.15) is 15.9 Å². The van der Waals surface area contributed by atoms with Gasteiger partial charge in [0.15, 0.2) is 23.3 Å². The lowest BCUT2D eigenvalue weighted by Gasteiger charge is -2.07. The van der Waals surface area contributed by atoms with Gasteiger partial charge in [0.1, 0.15) is 0 Å². The van der Waals surface area contributed by atoms with E-state index in [2.05, 4.69) is 15.4 Å². The van der Waals surface area contributed by atoms with Gasteiger partial charge in [0.05, 0.1) is 12.1 Å². The van der Waals surface area contributed by atoms with Crippen molar-refractivity contribution in [2.45, 2.75) is 6.54 Å². The van der Waals surface area contributed by atoms with Crippen LogP contribution in [0.2, 0.25) is 0 Å². The second-order valence-electron chi connectivity index (χ2n) is 5.13. The highest BCUT2D eigenvalue weighted by Crippen LogP contribution is 2.23. The summed E-state index contributed by atoms with van der Waals surface area (Å²) in [5.41, 5.74) is 4.66. The van der Waals surface area contributed by atoms with Crippen molar-refractivity contribution in [1.82, 2.24) is 20.2 Å². The first-order valence-corrected chi connectivity index (χ1v) is 6.98. The summed E-state index contributed by atoms with van der Waals surface area (Å²) in [6.45, 7) is -0.821. The van der Waals surface area contributed by atoms with Gasteiger partial charge in [-0.15, -0.1) is 10.2 Å². The van der Waals surface area contributed by atoms with Crippen molar-refractivity contribution in [2.75, 3.05) is 0 Å². The molecule has 134 valence electrons. The van der Waals surface area contributed by atoms with Crippen LogP contribution in [-0.4, -0.2) is 26.1 Å². The van der Waals surface area contributed by atoms with E-state index in [0.717, 1.165) is 0 Å². The third kappa shape index (κ3) is 2.98. The van der Waals surface area contributed by atoms with Crippen LogP contribution < -0.4 is 5.73 Å². The zero-order valence-electron chi connectivity index (χ0n) is 12.7. The number of hydrogen-bond donors (Lipinski definition) is 1. The van der Waals surface area contributed by atoms with E-state index in [9.17, 15) is 26.7 Å². The van der Waals surface area contributed by atoms with Crippen molar-refractivity contribution < 1.29 is 26.7 Å². The van der Waals surface area contributed by atoms with Crippen LogP contribution in [0.3, 0.4) is 0 Å². The number of nitrogens with zero attached hydrogens (tertiary/aromatic N) is 4. The molecule has 6 nitrogen and oxygen atoms in total. The Balaban J connectivity index is 1.91. The molecule has 0 saturated heterocycles. The lowest BCUT2D eigenvalue weighted by molar-refractivity contribution is 0.100. The highest BCUT2D eigenvalue weighted by Gasteiger charge is 2.26. The second kappa shape index (κ2) is 6.50. The molecular formula is C15H8F5N5O. The van der Waals surface area contributed by atoms with E-state index >= 15 is 0 Å². The Morgan fingerprint density at radius 1 is 0.923 bits per heavy atom. The van der Waals surface area contributed by atoms with Gasteiger partial charge in [-0.05, 0) is 17.3 Å². The lowest BCUT2D eigenvalue weighted by Crippen LogP contribution is -2.13. The topological polar surface area (TPSA) is 86.7 Å². The molecule has 3 rings (SSSR count). The largest absolute Gasteiger partial charge is 0.366 e. The number of primary amides is 1. The normalized spacial score (nSPS) is 11.0. The van der Waals surface area contributed by atoms with Crippen LogP contribution >= 0.6 is 0 Å². The van der Waals surface area contributed by atoms with Crippen molar-refractivity contribution >= 4 is 5.91 Å². The van der Waals surface area contributed by atoms with Gasteiger partial charge in [-0.25, -0.2) is 22.0 Å². The van der Waals surface area contributed by atoms with Crippen molar-refractivity contribution in [2.24, 2.45) is 5.73 Å². The van der Waals surface area contributed by atoms with Gasteiger partial charge in [0, 0.05) is 11.1 Å². The number of aromatic nitrogens is 4. The van der Waals surface area contributed by atoms with Crippen molar-refractivity contribution in [3.63, 3.8) is 0 Å². The van der Waals surface area contributed by atoms with E-state index in [-0.39, 0.29) is 11.4 Å². The number of rotatable bonds is 4. The third-order valence-corrected chi connectivity index (χ3v) is 3.48. The Bertz CT molecular complexity index is 973. The average Bonchev–Trinajstić information content (AvgIpc) is 3.10. The zero-order chi connectivity index (χ0) is 19.0. The predicted octanol–water partition coefficient (Wildman–Crippen LogP) is 2.18. The average molecular weight is 369 g/mol. The minimum atomic E-state index is -2.24. The maximum atomic E-state index is 13.7. The summed E-state index contributed by atoms with van der Waals surface area (Å²) >= 11 is 0. The number of nitrogens with two attached hydrogens (primary N) is 1.